The molecular formula is C13H20O6P2. The van der Waals surface area contributed by atoms with Crippen LogP contribution in [0, 0.1) is 27.7 Å². The van der Waals surface area contributed by atoms with Crippen LogP contribution in [-0.4, -0.2) is 24.5 Å². The van der Waals surface area contributed by atoms with E-state index in [2.05, 4.69) is 0 Å². The van der Waals surface area contributed by atoms with E-state index in [0.717, 1.165) is 22.3 Å². The summed E-state index contributed by atoms with van der Waals surface area (Å²) in [5.74, 6) is 0. The van der Waals surface area contributed by atoms with E-state index in [4.69, 9.17) is 0 Å². The molecule has 0 amide bonds. The predicted molar refractivity (Wildman–Crippen MR) is 79.6 cm³/mol. The van der Waals surface area contributed by atoms with Crippen LogP contribution in [0.3, 0.4) is 0 Å². The molecule has 0 radical (unpaired) electrons. The molecule has 6 nitrogen and oxygen atoms in total. The molecule has 4 N–H and O–H groups in total. The zero-order chi connectivity index (χ0) is 16.4. The lowest BCUT2D eigenvalue weighted by molar-refractivity contribution is 0.309. The number of benzene rings is 1. The highest BCUT2D eigenvalue weighted by Crippen LogP contribution is 2.73. The maximum atomic E-state index is 11.9. The van der Waals surface area contributed by atoms with Crippen molar-refractivity contribution in [1.29, 1.82) is 0 Å². The predicted octanol–water partition coefficient (Wildman–Crippen LogP) is 2.07. The van der Waals surface area contributed by atoms with Gasteiger partial charge in [0.1, 0.15) is 0 Å². The average molecular weight is 334 g/mol. The number of hydrogen-bond donors (Lipinski definition) is 4. The van der Waals surface area contributed by atoms with Gasteiger partial charge >= 0.3 is 15.2 Å². The van der Waals surface area contributed by atoms with Gasteiger partial charge in [-0.3, -0.25) is 9.13 Å². The lowest BCUT2D eigenvalue weighted by Crippen LogP contribution is -2.29. The van der Waals surface area contributed by atoms with Crippen LogP contribution < -0.4 is 0 Å². The topological polar surface area (TPSA) is 115 Å². The minimum atomic E-state index is -4.98. The van der Waals surface area contributed by atoms with Crippen LogP contribution >= 0.6 is 15.2 Å². The minimum absolute atomic E-state index is 0.287. The van der Waals surface area contributed by atoms with E-state index < -0.39 is 20.1 Å². The second kappa shape index (κ2) is 4.76. The number of rotatable bonds is 2. The highest BCUT2D eigenvalue weighted by molar-refractivity contribution is 7.72. The molecule has 8 heteroatoms. The quantitative estimate of drug-likeness (QED) is 0.616. The molecule has 1 aromatic carbocycles. The Bertz CT molecular complexity index is 651. The Morgan fingerprint density at radius 1 is 0.714 bits per heavy atom. The molecule has 0 unspecified atom stereocenters. The third-order valence-corrected chi connectivity index (χ3v) is 9.33. The largest absolute Gasteiger partial charge is 0.344 e. The van der Waals surface area contributed by atoms with Crippen LogP contribution in [-0.2, 0) is 22.0 Å². The van der Waals surface area contributed by atoms with Crippen molar-refractivity contribution < 1.29 is 28.7 Å². The van der Waals surface area contributed by atoms with E-state index in [9.17, 15) is 28.7 Å². The van der Waals surface area contributed by atoms with Crippen LogP contribution in [0.25, 0.3) is 0 Å². The van der Waals surface area contributed by atoms with E-state index in [0.29, 0.717) is 11.1 Å². The van der Waals surface area contributed by atoms with Crippen LogP contribution in [0.5, 0.6) is 0 Å². The van der Waals surface area contributed by atoms with Crippen LogP contribution in [0.2, 0.25) is 0 Å². The summed E-state index contributed by atoms with van der Waals surface area (Å²) in [6, 6.07) is 0. The maximum Gasteiger partial charge on any atom is 0.344 e. The maximum absolute atomic E-state index is 11.9. The van der Waals surface area contributed by atoms with Gasteiger partial charge < -0.3 is 19.6 Å². The van der Waals surface area contributed by atoms with Crippen molar-refractivity contribution in [3.05, 3.63) is 33.4 Å². The van der Waals surface area contributed by atoms with Crippen LogP contribution in [0.15, 0.2) is 0 Å². The van der Waals surface area contributed by atoms with Crippen LogP contribution in [0.1, 0.15) is 33.4 Å². The first-order valence-corrected chi connectivity index (χ1v) is 9.75. The zero-order valence-corrected chi connectivity index (χ0v) is 14.2. The second-order valence-corrected chi connectivity index (χ2v) is 10.1. The molecule has 2 rings (SSSR count). The third-order valence-electron chi connectivity index (χ3n) is 4.96. The Hall–Kier alpha value is -0.480. The highest BCUT2D eigenvalue weighted by atomic mass is 31.2. The fourth-order valence-corrected chi connectivity index (χ4v) is 5.97. The van der Waals surface area contributed by atoms with Gasteiger partial charge in [0.15, 0.2) is 4.90 Å². The Morgan fingerprint density at radius 2 is 1.00 bits per heavy atom. The Labute approximate surface area is 123 Å². The van der Waals surface area contributed by atoms with Crippen molar-refractivity contribution in [1.82, 2.24) is 0 Å². The normalized spacial score (nSPS) is 17.9. The first kappa shape index (κ1) is 16.9. The summed E-state index contributed by atoms with van der Waals surface area (Å²) in [5.41, 5.74) is 5.05. The molecule has 0 bridgehead atoms. The van der Waals surface area contributed by atoms with Crippen molar-refractivity contribution in [2.75, 3.05) is 0 Å². The molecule has 1 aliphatic rings. The first-order chi connectivity index (χ1) is 9.33. The summed E-state index contributed by atoms with van der Waals surface area (Å²) in [7, 11) is -9.96. The van der Waals surface area contributed by atoms with Crippen molar-refractivity contribution in [3.8, 4) is 0 Å². The van der Waals surface area contributed by atoms with Gasteiger partial charge in [0.05, 0.1) is 0 Å². The Morgan fingerprint density at radius 3 is 1.24 bits per heavy atom. The number of hydrogen-bond acceptors (Lipinski definition) is 2. The van der Waals surface area contributed by atoms with E-state index in [-0.39, 0.29) is 12.8 Å². The van der Waals surface area contributed by atoms with E-state index in [1.807, 2.05) is 27.7 Å². The summed E-state index contributed by atoms with van der Waals surface area (Å²) in [4.78, 5) is 36.1. The molecule has 1 aromatic rings. The molecule has 1 aliphatic carbocycles. The van der Waals surface area contributed by atoms with Gasteiger partial charge in [-0.05, 0) is 61.1 Å². The van der Waals surface area contributed by atoms with Gasteiger partial charge in [0.25, 0.3) is 0 Å². The van der Waals surface area contributed by atoms with Gasteiger partial charge in [0.2, 0.25) is 0 Å². The minimum Gasteiger partial charge on any atom is -0.324 e. The lowest BCUT2D eigenvalue weighted by Gasteiger charge is -2.30. The highest BCUT2D eigenvalue weighted by Gasteiger charge is 2.63. The van der Waals surface area contributed by atoms with Gasteiger partial charge in [0, 0.05) is 12.8 Å². The van der Waals surface area contributed by atoms with Crippen LogP contribution in [0.4, 0.5) is 0 Å². The lowest BCUT2D eigenvalue weighted by atomic mass is 9.90. The summed E-state index contributed by atoms with van der Waals surface area (Å²) < 4.78 is 23.7. The average Bonchev–Trinajstić information content (AvgIpc) is 2.74. The van der Waals surface area contributed by atoms with Gasteiger partial charge in [-0.25, -0.2) is 0 Å². The summed E-state index contributed by atoms with van der Waals surface area (Å²) >= 11 is 0. The molecule has 0 saturated carbocycles. The Kier molecular flexibility index (Phi) is 3.82. The molecular weight excluding hydrogens is 314 g/mol. The SMILES string of the molecule is Cc1c(C)c(C)c2c(c1C)CC(P(=O)(O)O)(P(=O)(O)O)C2. The smallest absolute Gasteiger partial charge is 0.324 e. The second-order valence-electron chi connectivity index (χ2n) is 5.88. The summed E-state index contributed by atoms with van der Waals surface area (Å²) in [5, 5.41) is 0. The van der Waals surface area contributed by atoms with Crippen molar-refractivity contribution in [2.24, 2.45) is 0 Å². The van der Waals surface area contributed by atoms with Crippen molar-refractivity contribution in [3.63, 3.8) is 0 Å². The van der Waals surface area contributed by atoms with Crippen molar-refractivity contribution >= 4 is 15.2 Å². The Balaban J connectivity index is 2.78. The van der Waals surface area contributed by atoms with Gasteiger partial charge in [-0.2, -0.15) is 0 Å². The van der Waals surface area contributed by atoms with E-state index >= 15 is 0 Å². The molecule has 0 spiro atoms. The number of fused-ring (bicyclic) bond motifs is 1. The fraction of sp³-hybridized carbons (Fsp3) is 0.538. The summed E-state index contributed by atoms with van der Waals surface area (Å²) in [6.07, 6.45) is -0.574. The third kappa shape index (κ3) is 2.26. The molecule has 118 valence electrons. The van der Waals surface area contributed by atoms with Gasteiger partial charge in [-0.1, -0.05) is 0 Å². The fourth-order valence-electron chi connectivity index (χ4n) is 3.16. The van der Waals surface area contributed by atoms with E-state index in [1.165, 1.54) is 0 Å². The first-order valence-electron chi connectivity index (χ1n) is 6.53. The molecule has 0 fully saturated rings. The van der Waals surface area contributed by atoms with Gasteiger partial charge in [-0.15, -0.1) is 0 Å². The zero-order valence-electron chi connectivity index (χ0n) is 12.4. The molecule has 0 heterocycles. The van der Waals surface area contributed by atoms with Crippen molar-refractivity contribution in [2.45, 2.75) is 45.4 Å². The van der Waals surface area contributed by atoms with E-state index in [1.54, 1.807) is 0 Å². The molecule has 0 aliphatic heterocycles. The summed E-state index contributed by atoms with van der Waals surface area (Å²) in [6.45, 7) is 7.48. The molecule has 0 aromatic heterocycles. The molecule has 0 atom stereocenters. The standard InChI is InChI=1S/C13H20O6P2/c1-7-8(2)10(4)12-6-13(20(14,15)16,21(17,18)19)5-11(12)9(7)3/h5-6H2,1-4H3,(H2,14,15,16)(H2,17,18,19). The molecule has 0 saturated heterocycles. The monoisotopic (exact) mass is 334 g/mol. The molecule has 21 heavy (non-hydrogen) atoms.